The van der Waals surface area contributed by atoms with Crippen LogP contribution in [0.4, 0.5) is 10.2 Å². The normalized spacial score (nSPS) is 10.2. The van der Waals surface area contributed by atoms with Crippen LogP contribution in [0.25, 0.3) is 0 Å². The number of benzene rings is 1. The second-order valence-corrected chi connectivity index (χ2v) is 4.71. The molecule has 92 valence electrons. The third kappa shape index (κ3) is 3.05. The van der Waals surface area contributed by atoms with Gasteiger partial charge in [-0.05, 0) is 46.3 Å². The molecule has 1 aromatic heterocycles. The van der Waals surface area contributed by atoms with E-state index in [0.29, 0.717) is 15.1 Å². The van der Waals surface area contributed by atoms with E-state index in [1.54, 1.807) is 12.1 Å². The predicted molar refractivity (Wildman–Crippen MR) is 71.3 cm³/mol. The minimum Gasteiger partial charge on any atom is -0.307 e. The number of hydrogen-bond donors (Lipinski definition) is 1. The highest BCUT2D eigenvalue weighted by Crippen LogP contribution is 2.23. The van der Waals surface area contributed by atoms with Crippen molar-refractivity contribution in [2.45, 2.75) is 0 Å². The van der Waals surface area contributed by atoms with Crippen molar-refractivity contribution in [2.75, 3.05) is 5.32 Å². The molecule has 0 saturated carbocycles. The van der Waals surface area contributed by atoms with Gasteiger partial charge in [-0.15, -0.1) is 0 Å². The molecule has 0 spiro atoms. The largest absolute Gasteiger partial charge is 0.307 e. The Morgan fingerprint density at radius 3 is 2.72 bits per heavy atom. The number of nitrogens with zero attached hydrogens (tertiary/aromatic N) is 1. The van der Waals surface area contributed by atoms with E-state index in [2.05, 4.69) is 26.2 Å². The summed E-state index contributed by atoms with van der Waals surface area (Å²) in [6, 6.07) is 7.43. The predicted octanol–water partition coefficient (Wildman–Crippen LogP) is 3.89. The first-order chi connectivity index (χ1) is 8.56. The molecule has 0 atom stereocenters. The van der Waals surface area contributed by atoms with Gasteiger partial charge in [-0.1, -0.05) is 11.6 Å². The van der Waals surface area contributed by atoms with Crippen LogP contribution in [0.5, 0.6) is 0 Å². The molecule has 1 N–H and O–H groups in total. The molecule has 3 nitrogen and oxygen atoms in total. The molecule has 1 aromatic carbocycles. The first-order valence-corrected chi connectivity index (χ1v) is 6.11. The lowest BCUT2D eigenvalue weighted by atomic mass is 10.2. The fourth-order valence-electron chi connectivity index (χ4n) is 1.28. The lowest BCUT2D eigenvalue weighted by molar-refractivity contribution is 0.102. The summed E-state index contributed by atoms with van der Waals surface area (Å²) in [6.07, 6.45) is 1.03. The van der Waals surface area contributed by atoms with E-state index in [4.69, 9.17) is 11.6 Å². The second-order valence-electron chi connectivity index (χ2n) is 3.44. The molecule has 18 heavy (non-hydrogen) atoms. The number of nitrogens with one attached hydrogen (secondary N) is 1. The number of rotatable bonds is 2. The van der Waals surface area contributed by atoms with Gasteiger partial charge < -0.3 is 5.32 Å². The fraction of sp³-hybridized carbons (Fsp3) is 0. The van der Waals surface area contributed by atoms with Gasteiger partial charge in [0.2, 0.25) is 0 Å². The maximum atomic E-state index is 12.6. The Kier molecular flexibility index (Phi) is 3.93. The highest BCUT2D eigenvalue weighted by atomic mass is 79.9. The van der Waals surface area contributed by atoms with Crippen molar-refractivity contribution in [1.29, 1.82) is 0 Å². The van der Waals surface area contributed by atoms with Gasteiger partial charge in [-0.2, -0.15) is 0 Å². The summed E-state index contributed by atoms with van der Waals surface area (Å²) in [5, 5.41) is 2.98. The average Bonchev–Trinajstić information content (AvgIpc) is 2.35. The van der Waals surface area contributed by atoms with E-state index in [1.165, 1.54) is 18.2 Å². The lowest BCUT2D eigenvalue weighted by Gasteiger charge is -2.05. The molecule has 0 fully saturated rings. The number of anilines is 1. The van der Waals surface area contributed by atoms with Crippen LogP contribution in [0.2, 0.25) is 5.02 Å². The molecule has 2 rings (SSSR count). The van der Waals surface area contributed by atoms with E-state index in [9.17, 15) is 9.18 Å². The van der Waals surface area contributed by atoms with Gasteiger partial charge in [-0.25, -0.2) is 9.37 Å². The Labute approximate surface area is 116 Å². The third-order valence-electron chi connectivity index (χ3n) is 2.15. The molecule has 6 heteroatoms. The van der Waals surface area contributed by atoms with Crippen LogP contribution in [0.15, 0.2) is 41.0 Å². The topological polar surface area (TPSA) is 42.0 Å². The molecule has 0 saturated heterocycles. The summed E-state index contributed by atoms with van der Waals surface area (Å²) in [7, 11) is 0. The lowest BCUT2D eigenvalue weighted by Crippen LogP contribution is -2.12. The van der Waals surface area contributed by atoms with E-state index >= 15 is 0 Å². The number of hydrogen-bond acceptors (Lipinski definition) is 2. The summed E-state index contributed by atoms with van der Waals surface area (Å²) in [5.74, 6) is -0.538. The molecule has 1 amide bonds. The van der Waals surface area contributed by atoms with Crippen molar-refractivity contribution in [1.82, 2.24) is 4.98 Å². The summed E-state index contributed by atoms with van der Waals surface area (Å²) in [5.41, 5.74) is 0.398. The molecule has 0 aliphatic heterocycles. The van der Waals surface area contributed by atoms with Gasteiger partial charge in [-0.3, -0.25) is 4.79 Å². The van der Waals surface area contributed by atoms with E-state index in [-0.39, 0.29) is 11.7 Å². The number of carbonyl (C=O) groups excluding carboxylic acids is 1. The molecule has 1 heterocycles. The molecule has 0 bridgehead atoms. The van der Waals surface area contributed by atoms with Crippen LogP contribution in [-0.2, 0) is 0 Å². The highest BCUT2D eigenvalue weighted by molar-refractivity contribution is 9.10. The number of aromatic nitrogens is 1. The summed E-state index contributed by atoms with van der Waals surface area (Å²) in [6.45, 7) is 0. The summed E-state index contributed by atoms with van der Waals surface area (Å²) >= 11 is 9.13. The average molecular weight is 330 g/mol. The SMILES string of the molecule is O=C(Nc1ccc(F)cn1)c1ccc(Br)c(Cl)c1. The zero-order chi connectivity index (χ0) is 13.1. The molecule has 0 unspecified atom stereocenters. The van der Waals surface area contributed by atoms with Gasteiger partial charge in [0.05, 0.1) is 11.2 Å². The number of amides is 1. The number of halogens is 3. The smallest absolute Gasteiger partial charge is 0.256 e. The molecule has 0 radical (unpaired) electrons. The zero-order valence-electron chi connectivity index (χ0n) is 8.95. The molecular formula is C12H7BrClFN2O. The Balaban J connectivity index is 2.16. The summed E-state index contributed by atoms with van der Waals surface area (Å²) < 4.78 is 13.4. The van der Waals surface area contributed by atoms with Crippen molar-refractivity contribution in [2.24, 2.45) is 0 Å². The van der Waals surface area contributed by atoms with Gasteiger partial charge in [0.1, 0.15) is 11.6 Å². The maximum absolute atomic E-state index is 12.6. The Hall–Kier alpha value is -1.46. The van der Waals surface area contributed by atoms with E-state index in [0.717, 1.165) is 6.20 Å². The maximum Gasteiger partial charge on any atom is 0.256 e. The zero-order valence-corrected chi connectivity index (χ0v) is 11.3. The first-order valence-electron chi connectivity index (χ1n) is 4.94. The molecular weight excluding hydrogens is 323 g/mol. The third-order valence-corrected chi connectivity index (χ3v) is 3.38. The van der Waals surface area contributed by atoms with Crippen LogP contribution in [-0.4, -0.2) is 10.9 Å². The molecule has 0 aliphatic carbocycles. The highest BCUT2D eigenvalue weighted by Gasteiger charge is 2.08. The molecule has 0 aliphatic rings. The molecule has 2 aromatic rings. The summed E-state index contributed by atoms with van der Waals surface area (Å²) in [4.78, 5) is 15.6. The minimum absolute atomic E-state index is 0.278. The van der Waals surface area contributed by atoms with Crippen LogP contribution >= 0.6 is 27.5 Å². The second kappa shape index (κ2) is 5.46. The van der Waals surface area contributed by atoms with Crippen LogP contribution in [0.3, 0.4) is 0 Å². The van der Waals surface area contributed by atoms with Crippen LogP contribution in [0.1, 0.15) is 10.4 Å². The van der Waals surface area contributed by atoms with Gasteiger partial charge in [0, 0.05) is 10.0 Å². The standard InChI is InChI=1S/C12H7BrClFN2O/c13-9-3-1-7(5-10(9)14)12(18)17-11-4-2-8(15)6-16-11/h1-6H,(H,16,17,18). The van der Waals surface area contributed by atoms with E-state index < -0.39 is 5.82 Å². The first kappa shape index (κ1) is 13.0. The monoisotopic (exact) mass is 328 g/mol. The quantitative estimate of drug-likeness (QED) is 0.908. The van der Waals surface area contributed by atoms with Crippen LogP contribution < -0.4 is 5.32 Å². The Morgan fingerprint density at radius 2 is 2.11 bits per heavy atom. The van der Waals surface area contributed by atoms with Crippen molar-refractivity contribution < 1.29 is 9.18 Å². The number of carbonyl (C=O) groups is 1. The van der Waals surface area contributed by atoms with Gasteiger partial charge in [0.15, 0.2) is 0 Å². The van der Waals surface area contributed by atoms with Crippen molar-refractivity contribution in [3.63, 3.8) is 0 Å². The minimum atomic E-state index is -0.459. The van der Waals surface area contributed by atoms with E-state index in [1.807, 2.05) is 0 Å². The van der Waals surface area contributed by atoms with Crippen molar-refractivity contribution in [3.8, 4) is 0 Å². The number of pyridine rings is 1. The van der Waals surface area contributed by atoms with Gasteiger partial charge in [0.25, 0.3) is 5.91 Å². The Bertz CT molecular complexity index is 589. The van der Waals surface area contributed by atoms with Crippen molar-refractivity contribution in [3.05, 3.63) is 57.4 Å². The van der Waals surface area contributed by atoms with Crippen LogP contribution in [0, 0.1) is 5.82 Å². The fourth-order valence-corrected chi connectivity index (χ4v) is 1.70. The Morgan fingerprint density at radius 1 is 1.33 bits per heavy atom. The van der Waals surface area contributed by atoms with Crippen molar-refractivity contribution >= 4 is 39.3 Å². The van der Waals surface area contributed by atoms with Gasteiger partial charge >= 0.3 is 0 Å².